The second kappa shape index (κ2) is 8.63. The summed E-state index contributed by atoms with van der Waals surface area (Å²) in [4.78, 5) is 25.4. The molecule has 0 bridgehead atoms. The Labute approximate surface area is 166 Å². The summed E-state index contributed by atoms with van der Waals surface area (Å²) in [5.41, 5.74) is 1.08. The van der Waals surface area contributed by atoms with Gasteiger partial charge in [0.2, 0.25) is 0 Å². The van der Waals surface area contributed by atoms with E-state index in [4.69, 9.17) is 15.9 Å². The van der Waals surface area contributed by atoms with Crippen LogP contribution in [0.2, 0.25) is 0 Å². The highest BCUT2D eigenvalue weighted by Crippen LogP contribution is 2.34. The zero-order chi connectivity index (χ0) is 20.1. The molecular weight excluding hydrogens is 381 g/mol. The summed E-state index contributed by atoms with van der Waals surface area (Å²) < 4.78 is 24.7. The van der Waals surface area contributed by atoms with Crippen molar-refractivity contribution in [3.63, 3.8) is 0 Å². The Bertz CT molecular complexity index is 996. The highest BCUT2D eigenvalue weighted by atomic mass is 32.2. The van der Waals surface area contributed by atoms with E-state index in [9.17, 15) is 14.0 Å². The number of imide groups is 1. The van der Waals surface area contributed by atoms with E-state index >= 15 is 0 Å². The first kappa shape index (κ1) is 19.5. The third-order valence-electron chi connectivity index (χ3n) is 3.95. The van der Waals surface area contributed by atoms with Crippen LogP contribution in [0, 0.1) is 18.2 Å². The van der Waals surface area contributed by atoms with Crippen molar-refractivity contribution in [1.29, 1.82) is 0 Å². The van der Waals surface area contributed by atoms with Crippen molar-refractivity contribution in [3.8, 4) is 23.8 Å². The van der Waals surface area contributed by atoms with Crippen molar-refractivity contribution < 1.29 is 23.5 Å². The molecule has 0 atom stereocenters. The van der Waals surface area contributed by atoms with Gasteiger partial charge in [0.1, 0.15) is 12.4 Å². The van der Waals surface area contributed by atoms with Crippen LogP contribution in [0.4, 0.5) is 9.18 Å². The fraction of sp³-hybridized carbons (Fsp3) is 0.143. The van der Waals surface area contributed by atoms with E-state index in [1.54, 1.807) is 42.5 Å². The number of halogens is 1. The van der Waals surface area contributed by atoms with Crippen molar-refractivity contribution in [3.05, 3.63) is 64.3 Å². The lowest BCUT2D eigenvalue weighted by Gasteiger charge is -2.12. The molecule has 0 unspecified atom stereocenters. The topological polar surface area (TPSA) is 55.8 Å². The van der Waals surface area contributed by atoms with Gasteiger partial charge in [-0.05, 0) is 41.6 Å². The number of terminal acetylenes is 1. The average molecular weight is 397 g/mol. The zero-order valence-electron chi connectivity index (χ0n) is 15.0. The molecule has 0 N–H and O–H groups in total. The molecular formula is C21H16FNO4S. The highest BCUT2D eigenvalue weighted by Gasteiger charge is 2.34. The molecule has 0 saturated carbocycles. The second-order valence-corrected chi connectivity index (χ2v) is 6.76. The summed E-state index contributed by atoms with van der Waals surface area (Å²) in [6.45, 7) is -0.0124. The number of carbonyl (C=O) groups is 2. The average Bonchev–Trinajstić information content (AvgIpc) is 2.95. The van der Waals surface area contributed by atoms with Gasteiger partial charge in [-0.25, -0.2) is 4.39 Å². The van der Waals surface area contributed by atoms with Gasteiger partial charge in [-0.3, -0.25) is 14.5 Å². The van der Waals surface area contributed by atoms with E-state index in [1.165, 1.54) is 13.2 Å². The minimum atomic E-state index is -0.424. The van der Waals surface area contributed by atoms with Crippen LogP contribution in [0.25, 0.3) is 6.08 Å². The Balaban J connectivity index is 1.78. The molecule has 5 nitrogen and oxygen atoms in total. The van der Waals surface area contributed by atoms with Crippen molar-refractivity contribution in [2.24, 2.45) is 0 Å². The summed E-state index contributed by atoms with van der Waals surface area (Å²) in [6, 6.07) is 11.4. The Morgan fingerprint density at radius 2 is 2.00 bits per heavy atom. The third kappa shape index (κ3) is 4.18. The van der Waals surface area contributed by atoms with Crippen LogP contribution < -0.4 is 9.47 Å². The molecule has 0 spiro atoms. The molecule has 1 saturated heterocycles. The van der Waals surface area contributed by atoms with Crippen LogP contribution in [0.15, 0.2) is 47.4 Å². The molecule has 2 amide bonds. The Hall–Kier alpha value is -3.24. The molecule has 1 fully saturated rings. The number of ether oxygens (including phenoxy) is 2. The molecule has 28 heavy (non-hydrogen) atoms. The number of nitrogens with zero attached hydrogens (tertiary/aromatic N) is 1. The molecule has 142 valence electrons. The van der Waals surface area contributed by atoms with Crippen molar-refractivity contribution in [2.75, 3.05) is 13.7 Å². The van der Waals surface area contributed by atoms with Gasteiger partial charge in [0.25, 0.3) is 11.1 Å². The van der Waals surface area contributed by atoms with Gasteiger partial charge in [-0.15, -0.1) is 6.42 Å². The fourth-order valence-electron chi connectivity index (χ4n) is 2.54. The van der Waals surface area contributed by atoms with Gasteiger partial charge < -0.3 is 9.47 Å². The lowest BCUT2D eigenvalue weighted by molar-refractivity contribution is -0.122. The first-order chi connectivity index (χ1) is 13.5. The van der Waals surface area contributed by atoms with E-state index < -0.39 is 11.1 Å². The molecule has 1 aliphatic rings. The predicted molar refractivity (Wildman–Crippen MR) is 105 cm³/mol. The SMILES string of the molecule is C#CCN1C(=O)S/C(=C/c2ccc(OCc3ccccc3F)c(OC)c2)C1=O. The van der Waals surface area contributed by atoms with Gasteiger partial charge in [-0.2, -0.15) is 0 Å². The predicted octanol–water partition coefficient (Wildman–Crippen LogP) is 4.08. The molecule has 7 heteroatoms. The van der Waals surface area contributed by atoms with Crippen molar-refractivity contribution in [2.45, 2.75) is 6.61 Å². The molecule has 1 heterocycles. The maximum absolute atomic E-state index is 13.7. The smallest absolute Gasteiger partial charge is 0.294 e. The highest BCUT2D eigenvalue weighted by molar-refractivity contribution is 8.18. The van der Waals surface area contributed by atoms with E-state index in [-0.39, 0.29) is 23.9 Å². The number of rotatable bonds is 6. The summed E-state index contributed by atoms with van der Waals surface area (Å²) in [7, 11) is 1.48. The molecule has 1 aliphatic heterocycles. The maximum atomic E-state index is 13.7. The second-order valence-electron chi connectivity index (χ2n) is 5.76. The molecule has 2 aromatic rings. The van der Waals surface area contributed by atoms with Gasteiger partial charge in [0.15, 0.2) is 11.5 Å². The van der Waals surface area contributed by atoms with Crippen LogP contribution in [-0.4, -0.2) is 29.7 Å². The number of thioether (sulfide) groups is 1. The van der Waals surface area contributed by atoms with Crippen molar-refractivity contribution >= 4 is 29.0 Å². The number of carbonyl (C=O) groups excluding carboxylic acids is 2. The molecule has 0 radical (unpaired) electrons. The van der Waals surface area contributed by atoms with E-state index in [0.29, 0.717) is 22.6 Å². The number of hydrogen-bond donors (Lipinski definition) is 0. The van der Waals surface area contributed by atoms with Crippen LogP contribution in [-0.2, 0) is 11.4 Å². The number of benzene rings is 2. The van der Waals surface area contributed by atoms with Crippen molar-refractivity contribution in [1.82, 2.24) is 4.90 Å². The van der Waals surface area contributed by atoms with Crippen LogP contribution in [0.3, 0.4) is 0 Å². The summed E-state index contributed by atoms with van der Waals surface area (Å²) in [6.07, 6.45) is 6.77. The normalized spacial score (nSPS) is 15.0. The summed E-state index contributed by atoms with van der Waals surface area (Å²) in [5.74, 6) is 2.38. The number of amides is 2. The maximum Gasteiger partial charge on any atom is 0.294 e. The molecule has 0 aromatic heterocycles. The lowest BCUT2D eigenvalue weighted by Crippen LogP contribution is -2.28. The Morgan fingerprint density at radius 3 is 2.71 bits per heavy atom. The fourth-order valence-corrected chi connectivity index (χ4v) is 3.38. The van der Waals surface area contributed by atoms with Crippen LogP contribution in [0.1, 0.15) is 11.1 Å². The first-order valence-corrected chi connectivity index (χ1v) is 9.08. The van der Waals surface area contributed by atoms with Gasteiger partial charge >= 0.3 is 0 Å². The van der Waals surface area contributed by atoms with Gasteiger partial charge in [0, 0.05) is 5.56 Å². The standard InChI is InChI=1S/C21H16FNO4S/c1-3-10-23-20(24)19(28-21(23)25)12-14-8-9-17(18(11-14)26-2)27-13-15-6-4-5-7-16(15)22/h1,4-9,11-12H,10,13H2,2H3/b19-12+. The summed E-state index contributed by atoms with van der Waals surface area (Å²) >= 11 is 0.833. The van der Waals surface area contributed by atoms with E-state index in [2.05, 4.69) is 5.92 Å². The quantitative estimate of drug-likeness (QED) is 0.543. The molecule has 0 aliphatic carbocycles. The monoisotopic (exact) mass is 397 g/mol. The lowest BCUT2D eigenvalue weighted by atomic mass is 10.1. The Morgan fingerprint density at radius 1 is 1.21 bits per heavy atom. The third-order valence-corrected chi connectivity index (χ3v) is 4.86. The van der Waals surface area contributed by atoms with Crippen LogP contribution >= 0.6 is 11.8 Å². The van der Waals surface area contributed by atoms with Gasteiger partial charge in [0.05, 0.1) is 18.6 Å². The van der Waals surface area contributed by atoms with Gasteiger partial charge in [-0.1, -0.05) is 30.2 Å². The molecule has 3 rings (SSSR count). The zero-order valence-corrected chi connectivity index (χ0v) is 15.8. The largest absolute Gasteiger partial charge is 0.493 e. The first-order valence-electron chi connectivity index (χ1n) is 8.26. The minimum absolute atomic E-state index is 0.0490. The minimum Gasteiger partial charge on any atom is -0.493 e. The van der Waals surface area contributed by atoms with E-state index in [1.807, 2.05) is 0 Å². The number of methoxy groups -OCH3 is 1. The number of hydrogen-bond acceptors (Lipinski definition) is 5. The van der Waals surface area contributed by atoms with E-state index in [0.717, 1.165) is 16.7 Å². The summed E-state index contributed by atoms with van der Waals surface area (Å²) in [5, 5.41) is -0.397. The molecule has 2 aromatic carbocycles. The van der Waals surface area contributed by atoms with Crippen LogP contribution in [0.5, 0.6) is 11.5 Å². The Kier molecular flexibility index (Phi) is 6.02.